The highest BCUT2D eigenvalue weighted by atomic mass is 31.2. The van der Waals surface area contributed by atoms with Crippen molar-refractivity contribution in [1.82, 2.24) is 39.7 Å². The minimum Gasteiger partial charge on any atom is -0.455 e. The minimum absolute atomic E-state index is 0.0146. The van der Waals surface area contributed by atoms with Crippen molar-refractivity contribution >= 4 is 62.3 Å². The third-order valence-corrected chi connectivity index (χ3v) is 12.0. The van der Waals surface area contributed by atoms with Crippen LogP contribution in [0.15, 0.2) is 59.1 Å². The number of aromatic nitrogens is 6. The van der Waals surface area contributed by atoms with Gasteiger partial charge in [-0.3, -0.25) is 18.1 Å². The Morgan fingerprint density at radius 2 is 1.82 bits per heavy atom. The van der Waals surface area contributed by atoms with Crippen molar-refractivity contribution in [3.8, 4) is 0 Å². The largest absolute Gasteiger partial charge is 0.472 e. The Balaban J connectivity index is 1.32. The third kappa shape index (κ3) is 14.9. The zero-order valence-corrected chi connectivity index (χ0v) is 39.8. The number of carbonyl (C=O) groups excluding carboxylic acids is 3. The van der Waals surface area contributed by atoms with Crippen molar-refractivity contribution < 1.29 is 80.6 Å². The summed E-state index contributed by atoms with van der Waals surface area (Å²) in [5.74, 6) is -1.50. The summed E-state index contributed by atoms with van der Waals surface area (Å²) in [4.78, 5) is 103. The standard InChI is InChI=1S/C38H51N13O18P2/c1-37(2,3)68-36(56)47-38(33(53)67-26-16-62-15-24(26)52,18-65-71(60,61)69-25-12-29(50-11-9-28(39)46-34(50)54)66-27(25)17-64-70(57,58)59)10-8-22(51-20-45-30-31(40)43-19-44-32(30)51)13-42-35(55)63-14-21-6-4-5-7-23(21)48-49-41/h4-7,9,11,19-20,22,24-27,29,52H,8,10,12-18H2,1-3H3,(H,42,55)(H,47,56)(H,60,61)(H2,39,46,54)(H2,40,43,44)(H2,57,58,59)/t22-,24?,25+,26?,27-,29-,38-/m1/s1. The van der Waals surface area contributed by atoms with E-state index in [0.717, 1.165) is 10.9 Å². The van der Waals surface area contributed by atoms with Gasteiger partial charge in [-0.05, 0) is 50.8 Å². The summed E-state index contributed by atoms with van der Waals surface area (Å²) in [6, 6.07) is 6.59. The van der Waals surface area contributed by atoms with E-state index in [2.05, 4.69) is 45.1 Å². The molecule has 2 aliphatic rings. The Kier molecular flexibility index (Phi) is 17.4. The van der Waals surface area contributed by atoms with E-state index in [-0.39, 0.29) is 61.3 Å². The van der Waals surface area contributed by atoms with Crippen LogP contribution in [0, 0.1) is 0 Å². The summed E-state index contributed by atoms with van der Waals surface area (Å²) in [7, 11) is -10.7. The number of alkyl carbamates (subject to hydrolysis) is 2. The zero-order valence-electron chi connectivity index (χ0n) is 38.0. The van der Waals surface area contributed by atoms with Crippen molar-refractivity contribution in [2.45, 2.75) is 94.5 Å². The van der Waals surface area contributed by atoms with E-state index in [0.29, 0.717) is 5.56 Å². The van der Waals surface area contributed by atoms with Crippen LogP contribution in [0.2, 0.25) is 0 Å². The van der Waals surface area contributed by atoms with Gasteiger partial charge in [0.15, 0.2) is 23.1 Å². The smallest absolute Gasteiger partial charge is 0.455 e. The number of phosphoric acid groups is 2. The number of nitrogen functional groups attached to an aromatic ring is 2. The van der Waals surface area contributed by atoms with Gasteiger partial charge in [0.1, 0.15) is 54.4 Å². The van der Waals surface area contributed by atoms with Crippen LogP contribution < -0.4 is 27.8 Å². The van der Waals surface area contributed by atoms with E-state index in [1.165, 1.54) is 50.0 Å². The lowest BCUT2D eigenvalue weighted by Crippen LogP contribution is -2.60. The van der Waals surface area contributed by atoms with Crippen LogP contribution in [0.5, 0.6) is 0 Å². The van der Waals surface area contributed by atoms with Gasteiger partial charge in [0, 0.05) is 29.8 Å². The molecule has 1 aromatic carbocycles. The van der Waals surface area contributed by atoms with Crippen LogP contribution in [0.3, 0.4) is 0 Å². The lowest BCUT2D eigenvalue weighted by Gasteiger charge is -2.35. The number of rotatable bonds is 21. The van der Waals surface area contributed by atoms with Crippen LogP contribution >= 0.6 is 15.6 Å². The number of azide groups is 1. The molecule has 386 valence electrons. The molecule has 3 unspecified atom stereocenters. The fraction of sp³-hybridized carbons (Fsp3) is 0.526. The maximum absolute atomic E-state index is 14.6. The number of esters is 1. The van der Waals surface area contributed by atoms with Crippen LogP contribution in [-0.2, 0) is 57.8 Å². The molecule has 2 saturated heterocycles. The second kappa shape index (κ2) is 22.8. The first kappa shape index (κ1) is 54.0. The lowest BCUT2D eigenvalue weighted by molar-refractivity contribution is -0.163. The van der Waals surface area contributed by atoms with Gasteiger partial charge < -0.3 is 70.1 Å². The molecule has 3 aromatic heterocycles. The normalized spacial score (nSPS) is 21.3. The molecule has 5 heterocycles. The molecule has 8 atom stereocenters. The number of nitrogens with one attached hydrogen (secondary N) is 2. The molecule has 6 rings (SSSR count). The number of fused-ring (bicyclic) bond motifs is 1. The summed E-state index contributed by atoms with van der Waals surface area (Å²) in [6.07, 6.45) is -7.06. The van der Waals surface area contributed by atoms with E-state index < -0.39 is 113 Å². The molecule has 0 saturated carbocycles. The number of hydrogen-bond acceptors (Lipinski definition) is 22. The van der Waals surface area contributed by atoms with Crippen molar-refractivity contribution in [2.24, 2.45) is 5.11 Å². The first-order valence-electron chi connectivity index (χ1n) is 21.3. The summed E-state index contributed by atoms with van der Waals surface area (Å²) in [5.41, 5.74) is 16.9. The number of nitrogens with two attached hydrogens (primary N) is 2. The Labute approximate surface area is 401 Å². The second-order valence-electron chi connectivity index (χ2n) is 16.9. The zero-order chi connectivity index (χ0) is 51.7. The fourth-order valence-electron chi connectivity index (χ4n) is 7.17. The molecular formula is C38H51N13O18P2. The van der Waals surface area contributed by atoms with Gasteiger partial charge in [0.05, 0.1) is 38.8 Å². The minimum atomic E-state index is -5.52. The first-order valence-corrected chi connectivity index (χ1v) is 24.3. The van der Waals surface area contributed by atoms with Crippen LogP contribution in [0.4, 0.5) is 26.9 Å². The second-order valence-corrected chi connectivity index (χ2v) is 19.5. The highest BCUT2D eigenvalue weighted by Gasteiger charge is 2.49. The van der Waals surface area contributed by atoms with Gasteiger partial charge in [-0.1, -0.05) is 29.4 Å². The molecule has 0 bridgehead atoms. The Morgan fingerprint density at radius 1 is 1.06 bits per heavy atom. The number of aliphatic hydroxyl groups is 1. The first-order chi connectivity index (χ1) is 33.4. The Bertz CT molecular complexity index is 2770. The quantitative estimate of drug-likeness (QED) is 0.0147. The third-order valence-electron chi connectivity index (χ3n) is 10.6. The van der Waals surface area contributed by atoms with Gasteiger partial charge in [-0.25, -0.2) is 43.3 Å². The molecule has 10 N–H and O–H groups in total. The number of hydrogen-bond donors (Lipinski definition) is 8. The summed E-state index contributed by atoms with van der Waals surface area (Å²) >= 11 is 0. The fourth-order valence-corrected chi connectivity index (χ4v) is 8.52. The van der Waals surface area contributed by atoms with E-state index in [4.69, 9.17) is 49.7 Å². The average Bonchev–Trinajstić information content (AvgIpc) is 4.02. The lowest BCUT2D eigenvalue weighted by atomic mass is 9.91. The number of amides is 2. The maximum Gasteiger partial charge on any atom is 0.472 e. The van der Waals surface area contributed by atoms with Crippen molar-refractivity contribution in [3.63, 3.8) is 0 Å². The SMILES string of the molecule is CC(C)(C)OC(=O)N[C@](CC[C@H](CNC(=O)OCc1ccccc1N=[N+]=[N-])n1cnc2c(N)ncnc21)(COP(=O)(O)O[C@H]1C[C@H](n2ccc(N)nc2=O)O[C@@H]1COP(=O)(O)O)C(=O)OC1COCC1O. The number of ether oxygens (including phenoxy) is 5. The molecule has 2 aliphatic heterocycles. The Morgan fingerprint density at radius 3 is 2.51 bits per heavy atom. The summed E-state index contributed by atoms with van der Waals surface area (Å²) < 4.78 is 71.3. The number of aliphatic hydroxyl groups excluding tert-OH is 1. The molecule has 2 amide bonds. The predicted octanol–water partition coefficient (Wildman–Crippen LogP) is 1.90. The van der Waals surface area contributed by atoms with Gasteiger partial charge in [-0.15, -0.1) is 0 Å². The van der Waals surface area contributed by atoms with Gasteiger partial charge in [0.2, 0.25) is 0 Å². The number of phosphoric ester groups is 2. The van der Waals surface area contributed by atoms with Crippen LogP contribution in [0.25, 0.3) is 21.6 Å². The molecule has 71 heavy (non-hydrogen) atoms. The Hall–Kier alpha value is -6.33. The predicted molar refractivity (Wildman–Crippen MR) is 240 cm³/mol. The highest BCUT2D eigenvalue weighted by molar-refractivity contribution is 7.47. The number of imidazole rings is 1. The van der Waals surface area contributed by atoms with Crippen molar-refractivity contribution in [1.29, 1.82) is 0 Å². The molecule has 0 spiro atoms. The van der Waals surface area contributed by atoms with Gasteiger partial charge >= 0.3 is 39.5 Å². The molecule has 4 aromatic rings. The summed E-state index contributed by atoms with van der Waals surface area (Å²) in [6.45, 7) is 1.16. The highest BCUT2D eigenvalue weighted by Crippen LogP contribution is 2.50. The average molecular weight is 1040 g/mol. The number of nitrogens with zero attached hydrogens (tertiary/aromatic N) is 9. The van der Waals surface area contributed by atoms with Crippen LogP contribution in [-0.4, -0.2) is 136 Å². The monoisotopic (exact) mass is 1040 g/mol. The topological polar surface area (TPSA) is 443 Å². The molecule has 0 aliphatic carbocycles. The van der Waals surface area contributed by atoms with E-state index in [1.54, 1.807) is 18.2 Å². The van der Waals surface area contributed by atoms with Crippen molar-refractivity contribution in [3.05, 3.63) is 75.7 Å². The van der Waals surface area contributed by atoms with E-state index in [9.17, 15) is 48.1 Å². The maximum atomic E-state index is 14.6. The number of anilines is 2. The van der Waals surface area contributed by atoms with E-state index in [1.807, 2.05) is 0 Å². The molecular weight excluding hydrogens is 988 g/mol. The van der Waals surface area contributed by atoms with Gasteiger partial charge in [0.25, 0.3) is 0 Å². The van der Waals surface area contributed by atoms with Crippen LogP contribution in [0.1, 0.15) is 57.9 Å². The van der Waals surface area contributed by atoms with E-state index >= 15 is 0 Å². The number of benzene rings is 1. The summed E-state index contributed by atoms with van der Waals surface area (Å²) in [5, 5.41) is 19.2. The molecule has 0 radical (unpaired) electrons. The number of carbonyl (C=O) groups is 3. The molecule has 2 fully saturated rings. The van der Waals surface area contributed by atoms with Gasteiger partial charge in [-0.2, -0.15) is 4.98 Å². The van der Waals surface area contributed by atoms with Crippen molar-refractivity contribution in [2.75, 3.05) is 44.4 Å². The molecule has 33 heteroatoms. The molecule has 31 nitrogen and oxygen atoms in total.